The van der Waals surface area contributed by atoms with Crippen LogP contribution < -0.4 is 14.4 Å². The molecular formula is C34H41ClN2O6S. The predicted octanol–water partition coefficient (Wildman–Crippen LogP) is 5.28. The largest absolute Gasteiger partial charge is 0.490 e. The van der Waals surface area contributed by atoms with Crippen LogP contribution >= 0.6 is 11.6 Å². The van der Waals surface area contributed by atoms with Crippen LogP contribution in [-0.4, -0.2) is 65.7 Å². The number of anilines is 1. The molecule has 10 heteroatoms. The van der Waals surface area contributed by atoms with Crippen molar-refractivity contribution in [1.29, 1.82) is 0 Å². The molecule has 5 aliphatic rings. The number of carbonyl (C=O) groups is 1. The zero-order valence-electron chi connectivity index (χ0n) is 25.2. The van der Waals surface area contributed by atoms with Crippen LogP contribution in [0.3, 0.4) is 0 Å². The predicted molar refractivity (Wildman–Crippen MR) is 170 cm³/mol. The van der Waals surface area contributed by atoms with Crippen LogP contribution in [0.25, 0.3) is 0 Å². The van der Waals surface area contributed by atoms with Crippen molar-refractivity contribution in [1.82, 2.24) is 4.72 Å². The van der Waals surface area contributed by atoms with Gasteiger partial charge in [0.1, 0.15) is 5.75 Å². The van der Waals surface area contributed by atoms with E-state index in [-0.39, 0.29) is 17.4 Å². The molecule has 8 nitrogen and oxygen atoms in total. The lowest BCUT2D eigenvalue weighted by atomic mass is 9.68. The Bertz CT molecular complexity index is 1560. The summed E-state index contributed by atoms with van der Waals surface area (Å²) in [5.41, 5.74) is 3.46. The van der Waals surface area contributed by atoms with Crippen molar-refractivity contribution in [3.8, 4) is 5.75 Å². The molecule has 2 aromatic carbocycles. The fourth-order valence-electron chi connectivity index (χ4n) is 8.25. The van der Waals surface area contributed by atoms with Gasteiger partial charge in [-0.2, -0.15) is 0 Å². The highest BCUT2D eigenvalue weighted by molar-refractivity contribution is 7.90. The van der Waals surface area contributed by atoms with E-state index in [1.54, 1.807) is 13.2 Å². The molecule has 236 valence electrons. The molecule has 1 N–H and O–H groups in total. The number of halogens is 1. The third-order valence-corrected chi connectivity index (χ3v) is 12.9. The Balaban J connectivity index is 1.30. The van der Waals surface area contributed by atoms with E-state index in [1.165, 1.54) is 11.1 Å². The summed E-state index contributed by atoms with van der Waals surface area (Å²) in [6, 6.07) is 11.6. The number of benzene rings is 2. The Hall–Kier alpha value is -2.59. The standard InChI is InChI=1S/C34H41ClN2O6S/c1-41-30-6-2-4-25-19-42-15-13-32(25)44(39,40)36-33(38)23-8-12-31-29(17-23)37(18-24-7-10-27(24)30)20-34(21-43-31)14-3-5-22-16-26(35)9-11-28(22)34/h2,6,8-9,11-12,16-17,24-25,27,30,32H,3-5,7,10,13-15,18-21H2,1H3,(H,36,38)/b6-2+/t24-,25+,27+,30-,32+,34-/m0/s1. The van der Waals surface area contributed by atoms with Gasteiger partial charge in [-0.05, 0) is 98.2 Å². The van der Waals surface area contributed by atoms with Gasteiger partial charge in [-0.15, -0.1) is 0 Å². The molecule has 2 aromatic rings. The zero-order valence-corrected chi connectivity index (χ0v) is 26.7. The second kappa shape index (κ2) is 12.0. The third kappa shape index (κ3) is 5.54. The lowest BCUT2D eigenvalue weighted by Crippen LogP contribution is -2.49. The topological polar surface area (TPSA) is 94.2 Å². The molecule has 1 amide bonds. The number of allylic oxidation sites excluding steroid dienone is 1. The first-order valence-corrected chi connectivity index (χ1v) is 17.8. The van der Waals surface area contributed by atoms with Gasteiger partial charge in [0.15, 0.2) is 0 Å². The summed E-state index contributed by atoms with van der Waals surface area (Å²) in [4.78, 5) is 15.9. The average Bonchev–Trinajstić information content (AvgIpc) is 3.15. The van der Waals surface area contributed by atoms with Crippen molar-refractivity contribution < 1.29 is 27.4 Å². The molecular weight excluding hydrogens is 600 g/mol. The number of fused-ring (bicyclic) bond motifs is 5. The van der Waals surface area contributed by atoms with E-state index < -0.39 is 21.2 Å². The summed E-state index contributed by atoms with van der Waals surface area (Å²) < 4.78 is 47.8. The summed E-state index contributed by atoms with van der Waals surface area (Å²) in [6.07, 6.45) is 10.2. The van der Waals surface area contributed by atoms with E-state index in [4.69, 9.17) is 25.8 Å². The molecule has 0 radical (unpaired) electrons. The van der Waals surface area contributed by atoms with Crippen LogP contribution in [-0.2, 0) is 31.3 Å². The molecule has 2 fully saturated rings. The molecule has 2 bridgehead atoms. The number of aryl methyl sites for hydroxylation is 1. The van der Waals surface area contributed by atoms with Gasteiger partial charge in [-0.25, -0.2) is 13.1 Å². The number of amides is 1. The van der Waals surface area contributed by atoms with Gasteiger partial charge in [0.2, 0.25) is 10.0 Å². The molecule has 0 unspecified atom stereocenters. The highest BCUT2D eigenvalue weighted by atomic mass is 35.5. The van der Waals surface area contributed by atoms with Crippen molar-refractivity contribution in [2.24, 2.45) is 17.8 Å². The number of hydrogen-bond donors (Lipinski definition) is 1. The second-order valence-corrected chi connectivity index (χ2v) is 15.6. The van der Waals surface area contributed by atoms with Crippen molar-refractivity contribution in [3.63, 3.8) is 0 Å². The van der Waals surface area contributed by atoms with E-state index in [1.807, 2.05) is 18.2 Å². The molecule has 0 aromatic heterocycles. The smallest absolute Gasteiger partial charge is 0.264 e. The van der Waals surface area contributed by atoms with Crippen LogP contribution in [0.15, 0.2) is 48.6 Å². The fourth-order valence-corrected chi connectivity index (χ4v) is 10.1. The third-order valence-electron chi connectivity index (χ3n) is 10.7. The number of nitrogens with zero attached hydrogens (tertiary/aromatic N) is 1. The van der Waals surface area contributed by atoms with Crippen LogP contribution in [0.4, 0.5) is 5.69 Å². The number of nitrogens with one attached hydrogen (secondary N) is 1. The Morgan fingerprint density at radius 3 is 2.82 bits per heavy atom. The number of methoxy groups -OCH3 is 1. The Kier molecular flexibility index (Phi) is 8.18. The first-order chi connectivity index (χ1) is 21.3. The highest BCUT2D eigenvalue weighted by Gasteiger charge is 2.45. The molecule has 1 spiro atoms. The number of rotatable bonds is 1. The van der Waals surface area contributed by atoms with Gasteiger partial charge in [-0.3, -0.25) is 4.79 Å². The maximum absolute atomic E-state index is 13.6. The fraction of sp³-hybridized carbons (Fsp3) is 0.559. The number of ether oxygens (including phenoxy) is 3. The molecule has 7 rings (SSSR count). The van der Waals surface area contributed by atoms with Gasteiger partial charge in [0.05, 0.1) is 30.3 Å². The highest BCUT2D eigenvalue weighted by Crippen LogP contribution is 2.47. The van der Waals surface area contributed by atoms with Crippen LogP contribution in [0.2, 0.25) is 5.02 Å². The SMILES string of the molecule is CO[C@H]1/C=C/C[C@@H]2COCC[C@H]2S(=O)(=O)NC(=O)c2ccc3c(c2)N(C[C@@H]2CC[C@H]21)C[C@@]1(CCCc2cc(Cl)ccc21)CO3. The molecule has 44 heavy (non-hydrogen) atoms. The van der Waals surface area contributed by atoms with E-state index in [2.05, 4.69) is 33.9 Å². The minimum absolute atomic E-state index is 0.0542. The summed E-state index contributed by atoms with van der Waals surface area (Å²) in [5, 5.41) is 0.0351. The monoisotopic (exact) mass is 640 g/mol. The van der Waals surface area contributed by atoms with Gasteiger partial charge in [0, 0.05) is 48.7 Å². The van der Waals surface area contributed by atoms with Gasteiger partial charge in [0.25, 0.3) is 5.91 Å². The molecule has 3 heterocycles. The minimum atomic E-state index is -3.94. The molecule has 2 aliphatic carbocycles. The molecule has 1 saturated carbocycles. The van der Waals surface area contributed by atoms with Crippen LogP contribution in [0.1, 0.15) is 60.0 Å². The summed E-state index contributed by atoms with van der Waals surface area (Å²) in [6.45, 7) is 2.75. The minimum Gasteiger partial charge on any atom is -0.490 e. The van der Waals surface area contributed by atoms with Crippen molar-refractivity contribution in [2.45, 2.75) is 61.7 Å². The van der Waals surface area contributed by atoms with E-state index in [0.717, 1.165) is 55.9 Å². The average molecular weight is 641 g/mol. The van der Waals surface area contributed by atoms with Gasteiger partial charge < -0.3 is 19.1 Å². The summed E-state index contributed by atoms with van der Waals surface area (Å²) in [5.74, 6) is 0.606. The number of carbonyl (C=O) groups excluding carboxylic acids is 1. The summed E-state index contributed by atoms with van der Waals surface area (Å²) >= 11 is 6.42. The number of hydrogen-bond acceptors (Lipinski definition) is 7. The van der Waals surface area contributed by atoms with Crippen molar-refractivity contribution >= 4 is 33.2 Å². The quantitative estimate of drug-likeness (QED) is 0.424. The Morgan fingerprint density at radius 1 is 1.11 bits per heavy atom. The van der Waals surface area contributed by atoms with E-state index in [0.29, 0.717) is 55.8 Å². The Morgan fingerprint density at radius 2 is 2.00 bits per heavy atom. The lowest BCUT2D eigenvalue weighted by molar-refractivity contribution is 0.0129. The lowest BCUT2D eigenvalue weighted by Gasteiger charge is -2.46. The maximum atomic E-state index is 13.6. The van der Waals surface area contributed by atoms with Crippen molar-refractivity contribution in [2.75, 3.05) is 44.9 Å². The van der Waals surface area contributed by atoms with Crippen LogP contribution in [0, 0.1) is 17.8 Å². The number of sulfonamides is 1. The molecule has 6 atom stereocenters. The van der Waals surface area contributed by atoms with Crippen molar-refractivity contribution in [3.05, 3.63) is 70.3 Å². The normalized spacial score (nSPS) is 33.8. The van der Waals surface area contributed by atoms with E-state index >= 15 is 0 Å². The summed E-state index contributed by atoms with van der Waals surface area (Å²) in [7, 11) is -2.18. The molecule has 3 aliphatic heterocycles. The second-order valence-electron chi connectivity index (χ2n) is 13.3. The van der Waals surface area contributed by atoms with Crippen LogP contribution in [0.5, 0.6) is 5.75 Å². The van der Waals surface area contributed by atoms with E-state index in [9.17, 15) is 13.2 Å². The maximum Gasteiger partial charge on any atom is 0.264 e. The zero-order chi connectivity index (χ0) is 30.5. The first kappa shape index (κ1) is 30.1. The molecule has 1 saturated heterocycles. The van der Waals surface area contributed by atoms with Gasteiger partial charge >= 0.3 is 0 Å². The van der Waals surface area contributed by atoms with Gasteiger partial charge in [-0.1, -0.05) is 29.8 Å². The Labute approximate surface area is 265 Å². The first-order valence-electron chi connectivity index (χ1n) is 15.9.